The zero-order valence-corrected chi connectivity index (χ0v) is 17.8. The Bertz CT molecular complexity index is 1160. The molecule has 0 aliphatic carbocycles. The maximum atomic E-state index is 13.9. The number of hydrogen-bond donors (Lipinski definition) is 1. The number of rotatable bonds is 6. The minimum absolute atomic E-state index is 0.0616. The fraction of sp³-hybridized carbons (Fsp3) is 0.174. The fourth-order valence-corrected chi connectivity index (χ4v) is 3.96. The van der Waals surface area contributed by atoms with Crippen molar-refractivity contribution in [2.24, 2.45) is 4.99 Å². The highest BCUT2D eigenvalue weighted by Gasteiger charge is 2.32. The average Bonchev–Trinajstić information content (AvgIpc) is 3.12. The second kappa shape index (κ2) is 8.77. The van der Waals surface area contributed by atoms with Crippen LogP contribution in [-0.4, -0.2) is 28.4 Å². The van der Waals surface area contributed by atoms with E-state index >= 15 is 0 Å². The average molecular weight is 437 g/mol. The van der Waals surface area contributed by atoms with Gasteiger partial charge in [-0.2, -0.15) is 4.99 Å². The quantitative estimate of drug-likeness (QED) is 0.646. The molecular formula is C23H20FN3O3S. The zero-order valence-electron chi connectivity index (χ0n) is 17.0. The van der Waals surface area contributed by atoms with Crippen LogP contribution in [-0.2, 0) is 11.4 Å². The minimum atomic E-state index is -0.454. The SMILES string of the molecule is CCOc1cc(C=C2C(=N)N3C=C(C)SC3=NC2=O)ccc1OCc1ccccc1F. The smallest absolute Gasteiger partial charge is 0.283 e. The molecule has 0 saturated carbocycles. The third-order valence-electron chi connectivity index (χ3n) is 4.61. The number of nitrogens with one attached hydrogen (secondary N) is 1. The molecule has 1 amide bonds. The van der Waals surface area contributed by atoms with Gasteiger partial charge in [0.15, 0.2) is 16.7 Å². The maximum Gasteiger partial charge on any atom is 0.283 e. The summed E-state index contributed by atoms with van der Waals surface area (Å²) in [6, 6.07) is 11.6. The van der Waals surface area contributed by atoms with E-state index < -0.39 is 5.91 Å². The van der Waals surface area contributed by atoms with Crippen LogP contribution >= 0.6 is 11.8 Å². The van der Waals surface area contributed by atoms with E-state index in [2.05, 4.69) is 4.99 Å². The molecule has 158 valence electrons. The largest absolute Gasteiger partial charge is 0.490 e. The molecule has 0 fully saturated rings. The molecule has 2 aliphatic rings. The number of benzene rings is 2. The Morgan fingerprint density at radius 3 is 2.77 bits per heavy atom. The van der Waals surface area contributed by atoms with Crippen molar-refractivity contribution < 1.29 is 18.7 Å². The molecule has 0 unspecified atom stereocenters. The summed E-state index contributed by atoms with van der Waals surface area (Å²) in [6.07, 6.45) is 3.40. The van der Waals surface area contributed by atoms with E-state index in [-0.39, 0.29) is 23.8 Å². The number of fused-ring (bicyclic) bond motifs is 1. The number of halogens is 1. The van der Waals surface area contributed by atoms with Gasteiger partial charge in [-0.1, -0.05) is 36.0 Å². The summed E-state index contributed by atoms with van der Waals surface area (Å²) in [4.78, 5) is 19.1. The van der Waals surface area contributed by atoms with E-state index in [9.17, 15) is 9.18 Å². The lowest BCUT2D eigenvalue weighted by atomic mass is 10.1. The van der Waals surface area contributed by atoms with Gasteiger partial charge in [-0.25, -0.2) is 4.39 Å². The molecule has 2 aliphatic heterocycles. The molecule has 6 nitrogen and oxygen atoms in total. The van der Waals surface area contributed by atoms with Crippen molar-refractivity contribution in [3.05, 3.63) is 76.1 Å². The van der Waals surface area contributed by atoms with Gasteiger partial charge in [-0.15, -0.1) is 0 Å². The van der Waals surface area contributed by atoms with Crippen LogP contribution in [0.4, 0.5) is 4.39 Å². The van der Waals surface area contributed by atoms with Crippen LogP contribution in [0.5, 0.6) is 11.5 Å². The number of amides is 1. The van der Waals surface area contributed by atoms with E-state index in [1.807, 2.05) is 13.8 Å². The molecule has 2 aromatic carbocycles. The van der Waals surface area contributed by atoms with Gasteiger partial charge in [0.1, 0.15) is 18.3 Å². The van der Waals surface area contributed by atoms with Crippen molar-refractivity contribution in [3.63, 3.8) is 0 Å². The monoisotopic (exact) mass is 437 g/mol. The van der Waals surface area contributed by atoms with Crippen molar-refractivity contribution in [2.75, 3.05) is 6.61 Å². The summed E-state index contributed by atoms with van der Waals surface area (Å²) in [6.45, 7) is 4.23. The van der Waals surface area contributed by atoms with Gasteiger partial charge in [-0.05, 0) is 43.7 Å². The second-order valence-electron chi connectivity index (χ2n) is 6.84. The number of allylic oxidation sites excluding steroid dienone is 1. The standard InChI is InChI=1S/C23H20FN3O3S/c1-3-29-20-11-15(8-9-19(20)30-13-16-6-4-5-7-18(16)24)10-17-21(25)27-12-14(2)31-23(27)26-22(17)28/h4-12,25H,3,13H2,1-2H3. The minimum Gasteiger partial charge on any atom is -0.490 e. The number of thioether (sulfide) groups is 1. The van der Waals surface area contributed by atoms with Crippen molar-refractivity contribution in [3.8, 4) is 11.5 Å². The predicted octanol–water partition coefficient (Wildman–Crippen LogP) is 4.97. The highest BCUT2D eigenvalue weighted by molar-refractivity contribution is 8.17. The Labute approximate surface area is 183 Å². The molecule has 1 N–H and O–H groups in total. The first-order valence-corrected chi connectivity index (χ1v) is 10.5. The van der Waals surface area contributed by atoms with Gasteiger partial charge >= 0.3 is 0 Å². The normalized spacial score (nSPS) is 16.9. The van der Waals surface area contributed by atoms with Crippen molar-refractivity contribution in [1.82, 2.24) is 4.90 Å². The van der Waals surface area contributed by atoms with Gasteiger partial charge in [0.2, 0.25) is 0 Å². The molecule has 0 radical (unpaired) electrons. The Kier molecular flexibility index (Phi) is 5.90. The highest BCUT2D eigenvalue weighted by atomic mass is 32.2. The van der Waals surface area contributed by atoms with E-state index in [0.29, 0.717) is 34.4 Å². The number of aliphatic imine (C=N–C) groups is 1. The first-order chi connectivity index (χ1) is 15.0. The molecule has 0 saturated heterocycles. The first-order valence-electron chi connectivity index (χ1n) is 9.68. The summed E-state index contributed by atoms with van der Waals surface area (Å²) in [5, 5.41) is 8.90. The molecule has 2 aromatic rings. The fourth-order valence-electron chi connectivity index (χ4n) is 3.14. The summed E-state index contributed by atoms with van der Waals surface area (Å²) in [7, 11) is 0. The van der Waals surface area contributed by atoms with Crippen LogP contribution in [0.15, 0.2) is 64.1 Å². The Morgan fingerprint density at radius 2 is 2.00 bits per heavy atom. The number of ether oxygens (including phenoxy) is 2. The van der Waals surface area contributed by atoms with Gasteiger partial charge in [0.05, 0.1) is 12.2 Å². The van der Waals surface area contributed by atoms with Gasteiger partial charge in [0, 0.05) is 16.7 Å². The van der Waals surface area contributed by atoms with Crippen molar-refractivity contribution >= 4 is 34.7 Å². The van der Waals surface area contributed by atoms with Gasteiger partial charge < -0.3 is 9.47 Å². The number of amidine groups is 2. The molecule has 0 atom stereocenters. The molecule has 31 heavy (non-hydrogen) atoms. The summed E-state index contributed by atoms with van der Waals surface area (Å²) in [5.41, 5.74) is 1.30. The third-order valence-corrected chi connectivity index (χ3v) is 5.51. The topological polar surface area (TPSA) is 75.0 Å². The lowest BCUT2D eigenvalue weighted by Crippen LogP contribution is -2.35. The molecule has 4 rings (SSSR count). The maximum absolute atomic E-state index is 13.9. The highest BCUT2D eigenvalue weighted by Crippen LogP contribution is 2.34. The Hall–Kier alpha value is -3.39. The lowest BCUT2D eigenvalue weighted by Gasteiger charge is -2.22. The zero-order chi connectivity index (χ0) is 22.0. The number of carbonyl (C=O) groups is 1. The molecule has 8 heteroatoms. The molecular weight excluding hydrogens is 417 g/mol. The van der Waals surface area contributed by atoms with Crippen LogP contribution in [0.1, 0.15) is 25.0 Å². The molecule has 2 heterocycles. The van der Waals surface area contributed by atoms with Crippen LogP contribution in [0, 0.1) is 11.2 Å². The Morgan fingerprint density at radius 1 is 1.19 bits per heavy atom. The number of carbonyl (C=O) groups excluding carboxylic acids is 1. The summed E-state index contributed by atoms with van der Waals surface area (Å²) < 4.78 is 25.3. The lowest BCUT2D eigenvalue weighted by molar-refractivity contribution is -0.114. The van der Waals surface area contributed by atoms with Gasteiger partial charge in [-0.3, -0.25) is 15.1 Å². The van der Waals surface area contributed by atoms with Crippen LogP contribution in [0.25, 0.3) is 6.08 Å². The first kappa shape index (κ1) is 20.9. The van der Waals surface area contributed by atoms with Gasteiger partial charge in [0.25, 0.3) is 5.91 Å². The Balaban J connectivity index is 1.60. The van der Waals surface area contributed by atoms with Crippen molar-refractivity contribution in [2.45, 2.75) is 20.5 Å². The van der Waals surface area contributed by atoms with E-state index in [4.69, 9.17) is 14.9 Å². The van der Waals surface area contributed by atoms with E-state index in [1.165, 1.54) is 17.8 Å². The molecule has 0 bridgehead atoms. The molecule has 0 spiro atoms. The second-order valence-corrected chi connectivity index (χ2v) is 8.05. The number of nitrogens with zero attached hydrogens (tertiary/aromatic N) is 2. The van der Waals surface area contributed by atoms with Crippen LogP contribution in [0.3, 0.4) is 0 Å². The van der Waals surface area contributed by atoms with Crippen LogP contribution < -0.4 is 9.47 Å². The summed E-state index contributed by atoms with van der Waals surface area (Å²) >= 11 is 1.37. The molecule has 0 aromatic heterocycles. The predicted molar refractivity (Wildman–Crippen MR) is 120 cm³/mol. The van der Waals surface area contributed by atoms with E-state index in [1.54, 1.807) is 53.6 Å². The van der Waals surface area contributed by atoms with Crippen molar-refractivity contribution in [1.29, 1.82) is 5.41 Å². The van der Waals surface area contributed by atoms with E-state index in [0.717, 1.165) is 4.91 Å². The third kappa shape index (κ3) is 4.39. The van der Waals surface area contributed by atoms with Crippen LogP contribution in [0.2, 0.25) is 0 Å². The number of hydrogen-bond acceptors (Lipinski definition) is 5. The summed E-state index contributed by atoms with van der Waals surface area (Å²) in [5.74, 6) is 0.231.